The lowest BCUT2D eigenvalue weighted by Gasteiger charge is -2.21. The summed E-state index contributed by atoms with van der Waals surface area (Å²) in [6.07, 6.45) is 4.23. The van der Waals surface area contributed by atoms with Crippen LogP contribution in [0.4, 0.5) is 0 Å². The average Bonchev–Trinajstić information content (AvgIpc) is 3.22. The molecule has 2 heterocycles. The van der Waals surface area contributed by atoms with Gasteiger partial charge in [0, 0.05) is 36.2 Å². The van der Waals surface area contributed by atoms with E-state index in [0.29, 0.717) is 12.7 Å². The molecule has 0 N–H and O–H groups in total. The third-order valence-electron chi connectivity index (χ3n) is 4.88. The van der Waals surface area contributed by atoms with Crippen LogP contribution >= 0.6 is 15.9 Å². The Balaban J connectivity index is 1.42. The van der Waals surface area contributed by atoms with Crippen LogP contribution in [0.5, 0.6) is 5.75 Å². The van der Waals surface area contributed by atoms with E-state index in [2.05, 4.69) is 31.8 Å². The Hall–Kier alpha value is -0.620. The van der Waals surface area contributed by atoms with Gasteiger partial charge >= 0.3 is 0 Å². The molecule has 23 heavy (non-hydrogen) atoms. The molecule has 0 aliphatic carbocycles. The molecule has 0 radical (unpaired) electrons. The van der Waals surface area contributed by atoms with Crippen molar-refractivity contribution in [1.29, 1.82) is 0 Å². The van der Waals surface area contributed by atoms with Gasteiger partial charge in [-0.3, -0.25) is 4.90 Å². The van der Waals surface area contributed by atoms with Gasteiger partial charge in [-0.2, -0.15) is 0 Å². The van der Waals surface area contributed by atoms with Crippen molar-refractivity contribution in [2.24, 2.45) is 0 Å². The first-order chi connectivity index (χ1) is 11.2. The molecule has 1 atom stereocenters. The van der Waals surface area contributed by atoms with Crippen molar-refractivity contribution in [3.05, 3.63) is 28.2 Å². The summed E-state index contributed by atoms with van der Waals surface area (Å²) in [7, 11) is 1.71. The molecule has 1 aromatic carbocycles. The quantitative estimate of drug-likeness (QED) is 0.722. The van der Waals surface area contributed by atoms with Crippen molar-refractivity contribution < 1.29 is 9.47 Å². The van der Waals surface area contributed by atoms with Crippen LogP contribution in [0.3, 0.4) is 0 Å². The molecule has 2 aliphatic heterocycles. The van der Waals surface area contributed by atoms with Gasteiger partial charge in [0.25, 0.3) is 0 Å². The van der Waals surface area contributed by atoms with Gasteiger partial charge in [-0.15, -0.1) is 0 Å². The largest absolute Gasteiger partial charge is 0.496 e. The van der Waals surface area contributed by atoms with E-state index in [9.17, 15) is 0 Å². The van der Waals surface area contributed by atoms with Crippen molar-refractivity contribution in [3.63, 3.8) is 0 Å². The number of methoxy groups -OCH3 is 1. The summed E-state index contributed by atoms with van der Waals surface area (Å²) >= 11 is 3.52. The van der Waals surface area contributed by atoms with E-state index in [0.717, 1.165) is 35.3 Å². The number of likely N-dealkylation sites (tertiary alicyclic amines) is 2. The van der Waals surface area contributed by atoms with Gasteiger partial charge in [-0.05, 0) is 50.6 Å². The molecule has 2 fully saturated rings. The van der Waals surface area contributed by atoms with E-state index in [1.807, 2.05) is 12.1 Å². The van der Waals surface area contributed by atoms with Gasteiger partial charge in [0.2, 0.25) is 0 Å². The Morgan fingerprint density at radius 2 is 1.91 bits per heavy atom. The lowest BCUT2D eigenvalue weighted by molar-refractivity contribution is 0.0450. The van der Waals surface area contributed by atoms with Crippen LogP contribution in [0.25, 0.3) is 0 Å². The first kappa shape index (κ1) is 17.2. The lowest BCUT2D eigenvalue weighted by Crippen LogP contribution is -2.33. The summed E-state index contributed by atoms with van der Waals surface area (Å²) in [6.45, 7) is 7.81. The maximum Gasteiger partial charge on any atom is 0.124 e. The Morgan fingerprint density at radius 1 is 1.13 bits per heavy atom. The first-order valence-corrected chi connectivity index (χ1v) is 9.42. The number of halogens is 1. The SMILES string of the molecule is COc1ccc(Br)cc1COC1CCN(CCN2CCCC2)C1. The van der Waals surface area contributed by atoms with Crippen LogP contribution in [0.2, 0.25) is 0 Å². The molecule has 0 amide bonds. The molecule has 5 heteroatoms. The number of hydrogen-bond acceptors (Lipinski definition) is 4. The monoisotopic (exact) mass is 382 g/mol. The number of benzene rings is 1. The van der Waals surface area contributed by atoms with E-state index in [1.54, 1.807) is 7.11 Å². The van der Waals surface area contributed by atoms with Crippen LogP contribution in [0.15, 0.2) is 22.7 Å². The Bertz CT molecular complexity index is 506. The molecular formula is C18H27BrN2O2. The van der Waals surface area contributed by atoms with Gasteiger partial charge in [-0.1, -0.05) is 15.9 Å². The zero-order valence-electron chi connectivity index (χ0n) is 14.0. The molecule has 3 rings (SSSR count). The molecule has 0 saturated carbocycles. The fourth-order valence-electron chi connectivity index (χ4n) is 3.49. The zero-order chi connectivity index (χ0) is 16.1. The van der Waals surface area contributed by atoms with E-state index in [4.69, 9.17) is 9.47 Å². The third kappa shape index (κ3) is 4.92. The minimum atomic E-state index is 0.345. The fourth-order valence-corrected chi connectivity index (χ4v) is 3.90. The summed E-state index contributed by atoms with van der Waals surface area (Å²) in [4.78, 5) is 5.13. The van der Waals surface area contributed by atoms with E-state index < -0.39 is 0 Å². The van der Waals surface area contributed by atoms with Crippen molar-refractivity contribution >= 4 is 15.9 Å². The number of hydrogen-bond donors (Lipinski definition) is 0. The van der Waals surface area contributed by atoms with Crippen molar-refractivity contribution in [1.82, 2.24) is 9.80 Å². The van der Waals surface area contributed by atoms with Gasteiger partial charge in [-0.25, -0.2) is 0 Å². The molecule has 0 spiro atoms. The molecule has 4 nitrogen and oxygen atoms in total. The highest BCUT2D eigenvalue weighted by Gasteiger charge is 2.24. The number of ether oxygens (including phenoxy) is 2. The normalized spacial score (nSPS) is 22.8. The van der Waals surface area contributed by atoms with Gasteiger partial charge in [0.1, 0.15) is 5.75 Å². The summed E-state index contributed by atoms with van der Waals surface area (Å²) in [5, 5.41) is 0. The average molecular weight is 383 g/mol. The Morgan fingerprint density at radius 3 is 2.70 bits per heavy atom. The van der Waals surface area contributed by atoms with E-state index >= 15 is 0 Å². The Labute approximate surface area is 147 Å². The number of nitrogens with zero attached hydrogens (tertiary/aromatic N) is 2. The van der Waals surface area contributed by atoms with Crippen molar-refractivity contribution in [2.45, 2.75) is 32.0 Å². The highest BCUT2D eigenvalue weighted by atomic mass is 79.9. The highest BCUT2D eigenvalue weighted by molar-refractivity contribution is 9.10. The van der Waals surface area contributed by atoms with Crippen LogP contribution < -0.4 is 4.74 Å². The predicted molar refractivity (Wildman–Crippen MR) is 96.0 cm³/mol. The minimum Gasteiger partial charge on any atom is -0.496 e. The molecule has 1 unspecified atom stereocenters. The maximum atomic E-state index is 6.13. The molecular weight excluding hydrogens is 356 g/mol. The second kappa shape index (κ2) is 8.47. The molecule has 2 saturated heterocycles. The molecule has 0 aromatic heterocycles. The summed E-state index contributed by atoms with van der Waals surface area (Å²) in [5.41, 5.74) is 1.11. The van der Waals surface area contributed by atoms with E-state index in [-0.39, 0.29) is 0 Å². The molecule has 1 aromatic rings. The summed E-state index contributed by atoms with van der Waals surface area (Å²) < 4.78 is 12.6. The van der Waals surface area contributed by atoms with Gasteiger partial charge < -0.3 is 14.4 Å². The fraction of sp³-hybridized carbons (Fsp3) is 0.667. The smallest absolute Gasteiger partial charge is 0.124 e. The maximum absolute atomic E-state index is 6.13. The highest BCUT2D eigenvalue weighted by Crippen LogP contribution is 2.25. The van der Waals surface area contributed by atoms with Crippen LogP contribution in [0, 0.1) is 0 Å². The van der Waals surface area contributed by atoms with Gasteiger partial charge in [0.05, 0.1) is 19.8 Å². The van der Waals surface area contributed by atoms with Crippen LogP contribution in [-0.4, -0.2) is 62.3 Å². The third-order valence-corrected chi connectivity index (χ3v) is 5.37. The zero-order valence-corrected chi connectivity index (χ0v) is 15.6. The number of rotatable bonds is 7. The lowest BCUT2D eigenvalue weighted by atomic mass is 10.2. The second-order valence-corrected chi connectivity index (χ2v) is 7.44. The molecule has 2 aliphatic rings. The van der Waals surface area contributed by atoms with Gasteiger partial charge in [0.15, 0.2) is 0 Å². The standard InChI is InChI=1S/C18H27BrN2O2/c1-22-18-5-4-16(19)12-15(18)14-23-17-6-9-21(13-17)11-10-20-7-2-3-8-20/h4-5,12,17H,2-3,6-11,13-14H2,1H3. The topological polar surface area (TPSA) is 24.9 Å². The van der Waals surface area contributed by atoms with Crippen LogP contribution in [0.1, 0.15) is 24.8 Å². The minimum absolute atomic E-state index is 0.345. The van der Waals surface area contributed by atoms with E-state index in [1.165, 1.54) is 39.0 Å². The summed E-state index contributed by atoms with van der Waals surface area (Å²) in [6, 6.07) is 6.07. The van der Waals surface area contributed by atoms with Crippen molar-refractivity contribution in [3.8, 4) is 5.75 Å². The molecule has 0 bridgehead atoms. The second-order valence-electron chi connectivity index (χ2n) is 6.53. The predicted octanol–water partition coefficient (Wildman–Crippen LogP) is 3.14. The summed E-state index contributed by atoms with van der Waals surface area (Å²) in [5.74, 6) is 0.900. The van der Waals surface area contributed by atoms with Crippen molar-refractivity contribution in [2.75, 3.05) is 46.4 Å². The van der Waals surface area contributed by atoms with Crippen LogP contribution in [-0.2, 0) is 11.3 Å². The molecule has 128 valence electrons. The first-order valence-electron chi connectivity index (χ1n) is 8.63. The Kier molecular flexibility index (Phi) is 6.34.